The van der Waals surface area contributed by atoms with Crippen LogP contribution in [-0.2, 0) is 0 Å². The molecule has 1 aromatic carbocycles. The lowest BCUT2D eigenvalue weighted by molar-refractivity contribution is 1.13. The summed E-state index contributed by atoms with van der Waals surface area (Å²) in [6.07, 6.45) is 19.3. The van der Waals surface area contributed by atoms with Gasteiger partial charge in [0.2, 0.25) is 0 Å². The number of aromatic nitrogens is 2. The maximum Gasteiger partial charge on any atom is 0.160 e. The molecule has 1 heterocycles. The van der Waals surface area contributed by atoms with Crippen molar-refractivity contribution in [3.63, 3.8) is 0 Å². The highest BCUT2D eigenvalue weighted by molar-refractivity contribution is 9.10. The Morgan fingerprint density at radius 3 is 2.70 bits per heavy atom. The number of allylic oxidation sites excluding steroid dienone is 11. The molecule has 0 aliphatic heterocycles. The molecule has 1 aromatic heterocycles. The SMILES string of the molecule is C=C/C=C(\C=C/C)c1cc(C2=CC=CCC=C2)nc(-c2ccc(Br)cc2)n1. The minimum atomic E-state index is 0.706. The molecular weight excluding hydrogens is 396 g/mol. The van der Waals surface area contributed by atoms with Gasteiger partial charge >= 0.3 is 0 Å². The topological polar surface area (TPSA) is 25.8 Å². The van der Waals surface area contributed by atoms with E-state index in [0.717, 1.165) is 39.0 Å². The zero-order chi connectivity index (χ0) is 19.1. The maximum atomic E-state index is 4.84. The predicted molar refractivity (Wildman–Crippen MR) is 119 cm³/mol. The molecule has 0 unspecified atom stereocenters. The summed E-state index contributed by atoms with van der Waals surface area (Å²) in [5.74, 6) is 0.706. The third kappa shape index (κ3) is 4.89. The van der Waals surface area contributed by atoms with Crippen molar-refractivity contribution in [2.45, 2.75) is 13.3 Å². The van der Waals surface area contributed by atoms with Crippen molar-refractivity contribution in [2.75, 3.05) is 0 Å². The number of hydrogen-bond donors (Lipinski definition) is 0. The first-order valence-electron chi connectivity index (χ1n) is 8.86. The Morgan fingerprint density at radius 2 is 1.96 bits per heavy atom. The van der Waals surface area contributed by atoms with E-state index in [9.17, 15) is 0 Å². The first-order chi connectivity index (χ1) is 13.2. The molecule has 0 amide bonds. The van der Waals surface area contributed by atoms with E-state index in [2.05, 4.69) is 52.9 Å². The number of hydrogen-bond acceptors (Lipinski definition) is 2. The summed E-state index contributed by atoms with van der Waals surface area (Å²) in [6.45, 7) is 5.83. The Hall–Kier alpha value is -2.78. The molecular formula is C24H21BrN2. The molecule has 0 saturated carbocycles. The lowest BCUT2D eigenvalue weighted by Gasteiger charge is -2.10. The Kier molecular flexibility index (Phi) is 6.50. The van der Waals surface area contributed by atoms with Crippen LogP contribution >= 0.6 is 15.9 Å². The van der Waals surface area contributed by atoms with Crippen LogP contribution in [0.15, 0.2) is 96.1 Å². The molecule has 3 heteroatoms. The monoisotopic (exact) mass is 416 g/mol. The summed E-state index contributed by atoms with van der Waals surface area (Å²) in [5.41, 5.74) is 4.83. The van der Waals surface area contributed by atoms with E-state index in [-0.39, 0.29) is 0 Å². The third-order valence-corrected chi connectivity index (χ3v) is 4.57. The van der Waals surface area contributed by atoms with Gasteiger partial charge in [-0.2, -0.15) is 0 Å². The van der Waals surface area contributed by atoms with Crippen LogP contribution in [0.1, 0.15) is 24.7 Å². The van der Waals surface area contributed by atoms with Gasteiger partial charge in [-0.3, -0.25) is 0 Å². The summed E-state index contributed by atoms with van der Waals surface area (Å²) in [5, 5.41) is 0. The minimum absolute atomic E-state index is 0.706. The van der Waals surface area contributed by atoms with Crippen LogP contribution in [0.25, 0.3) is 22.5 Å². The quantitative estimate of drug-likeness (QED) is 0.492. The minimum Gasteiger partial charge on any atom is -0.228 e. The molecule has 1 aliphatic rings. The lowest BCUT2D eigenvalue weighted by atomic mass is 10.1. The Morgan fingerprint density at radius 1 is 1.15 bits per heavy atom. The number of rotatable bonds is 5. The Balaban J connectivity index is 2.19. The van der Waals surface area contributed by atoms with Crippen molar-refractivity contribution >= 4 is 27.1 Å². The van der Waals surface area contributed by atoms with Gasteiger partial charge in [-0.25, -0.2) is 9.97 Å². The molecule has 0 saturated heterocycles. The number of halogens is 1. The Labute approximate surface area is 169 Å². The lowest BCUT2D eigenvalue weighted by Crippen LogP contribution is -1.99. The fourth-order valence-corrected chi connectivity index (χ4v) is 3.02. The van der Waals surface area contributed by atoms with Gasteiger partial charge in [0, 0.05) is 10.0 Å². The molecule has 27 heavy (non-hydrogen) atoms. The van der Waals surface area contributed by atoms with Crippen LogP contribution in [0.5, 0.6) is 0 Å². The summed E-state index contributed by atoms with van der Waals surface area (Å²) in [7, 11) is 0. The van der Waals surface area contributed by atoms with Crippen molar-refractivity contribution in [2.24, 2.45) is 0 Å². The van der Waals surface area contributed by atoms with E-state index < -0.39 is 0 Å². The van der Waals surface area contributed by atoms with Gasteiger partial charge in [-0.1, -0.05) is 89.3 Å². The summed E-state index contributed by atoms with van der Waals surface area (Å²) >= 11 is 3.49. The van der Waals surface area contributed by atoms with Crippen LogP contribution < -0.4 is 0 Å². The standard InChI is InChI=1S/C24H21BrN2/c1-3-9-18(10-4-2)22-17-23(19-11-7-5-6-8-12-19)27-24(26-22)20-13-15-21(25)16-14-20/h3-5,7-17H,1,6H2,2H3/b10-4-,18-9+. The van der Waals surface area contributed by atoms with Gasteiger partial charge < -0.3 is 0 Å². The normalized spacial score (nSPS) is 14.3. The number of benzene rings is 1. The molecule has 2 aromatic rings. The fraction of sp³-hybridized carbons (Fsp3) is 0.0833. The summed E-state index contributed by atoms with van der Waals surface area (Å²) < 4.78 is 1.03. The first-order valence-corrected chi connectivity index (χ1v) is 9.65. The fourth-order valence-electron chi connectivity index (χ4n) is 2.75. The van der Waals surface area contributed by atoms with Gasteiger partial charge in [0.25, 0.3) is 0 Å². The van der Waals surface area contributed by atoms with Crippen LogP contribution in [-0.4, -0.2) is 9.97 Å². The van der Waals surface area contributed by atoms with Crippen LogP contribution in [0.4, 0.5) is 0 Å². The second-order valence-electron chi connectivity index (χ2n) is 6.01. The van der Waals surface area contributed by atoms with Gasteiger partial charge in [0.05, 0.1) is 11.4 Å². The molecule has 0 spiro atoms. The van der Waals surface area contributed by atoms with E-state index in [1.54, 1.807) is 6.08 Å². The summed E-state index contributed by atoms with van der Waals surface area (Å²) in [6, 6.07) is 10.1. The average Bonchev–Trinajstić information content (AvgIpc) is 2.97. The largest absolute Gasteiger partial charge is 0.228 e. The second-order valence-corrected chi connectivity index (χ2v) is 6.93. The van der Waals surface area contributed by atoms with Crippen molar-refractivity contribution in [3.8, 4) is 11.4 Å². The van der Waals surface area contributed by atoms with E-state index in [4.69, 9.17) is 9.97 Å². The highest BCUT2D eigenvalue weighted by Crippen LogP contribution is 2.26. The van der Waals surface area contributed by atoms with Crippen LogP contribution in [0.2, 0.25) is 0 Å². The molecule has 3 rings (SSSR count). The maximum absolute atomic E-state index is 4.84. The van der Waals surface area contributed by atoms with Gasteiger partial charge in [0.15, 0.2) is 5.82 Å². The van der Waals surface area contributed by atoms with Gasteiger partial charge in [-0.15, -0.1) is 0 Å². The number of nitrogens with zero attached hydrogens (tertiary/aromatic N) is 2. The Bertz CT molecular complexity index is 954. The molecule has 0 radical (unpaired) electrons. The predicted octanol–water partition coefficient (Wildman–Crippen LogP) is 6.95. The zero-order valence-corrected chi connectivity index (χ0v) is 16.9. The van der Waals surface area contributed by atoms with Gasteiger partial charge in [-0.05, 0) is 42.7 Å². The first kappa shape index (κ1) is 19.0. The molecule has 0 fully saturated rings. The van der Waals surface area contributed by atoms with Crippen LogP contribution in [0, 0.1) is 0 Å². The van der Waals surface area contributed by atoms with Crippen LogP contribution in [0.3, 0.4) is 0 Å². The molecule has 0 N–H and O–H groups in total. The van der Waals surface area contributed by atoms with E-state index in [1.165, 1.54) is 0 Å². The van der Waals surface area contributed by atoms with Crippen molar-refractivity contribution in [1.82, 2.24) is 9.97 Å². The highest BCUT2D eigenvalue weighted by Gasteiger charge is 2.11. The van der Waals surface area contributed by atoms with Crippen molar-refractivity contribution in [3.05, 3.63) is 107 Å². The zero-order valence-electron chi connectivity index (χ0n) is 15.3. The molecule has 134 valence electrons. The van der Waals surface area contributed by atoms with E-state index >= 15 is 0 Å². The second kappa shape index (κ2) is 9.24. The molecule has 1 aliphatic carbocycles. The van der Waals surface area contributed by atoms with E-state index in [0.29, 0.717) is 5.82 Å². The van der Waals surface area contributed by atoms with E-state index in [1.807, 2.05) is 55.5 Å². The van der Waals surface area contributed by atoms with Crippen molar-refractivity contribution < 1.29 is 0 Å². The average molecular weight is 417 g/mol. The van der Waals surface area contributed by atoms with Crippen molar-refractivity contribution in [1.29, 1.82) is 0 Å². The molecule has 0 atom stereocenters. The van der Waals surface area contributed by atoms with Gasteiger partial charge in [0.1, 0.15) is 0 Å². The third-order valence-electron chi connectivity index (χ3n) is 4.05. The highest BCUT2D eigenvalue weighted by atomic mass is 79.9. The smallest absolute Gasteiger partial charge is 0.160 e. The summed E-state index contributed by atoms with van der Waals surface area (Å²) in [4.78, 5) is 9.67. The molecule has 0 bridgehead atoms. The molecule has 2 nitrogen and oxygen atoms in total.